The Kier molecular flexibility index (Phi) is 28.1. The number of rotatable bonds is 21. The topological polar surface area (TPSA) is 373 Å². The lowest BCUT2D eigenvalue weighted by Gasteiger charge is -2.19. The molecule has 4 aromatic carbocycles. The highest BCUT2D eigenvalue weighted by Gasteiger charge is 2.26. The lowest BCUT2D eigenvalue weighted by molar-refractivity contribution is -0.00110. The van der Waals surface area contributed by atoms with Gasteiger partial charge in [0.25, 0.3) is 23.6 Å². The lowest BCUT2D eigenvalue weighted by atomic mass is 10.0. The third-order valence-electron chi connectivity index (χ3n) is 15.8. The second-order valence-corrected chi connectivity index (χ2v) is 25.5. The van der Waals surface area contributed by atoms with Crippen LogP contribution in [0.15, 0.2) is 213 Å². The van der Waals surface area contributed by atoms with Crippen molar-refractivity contribution in [2.45, 2.75) is 57.3 Å². The molecule has 8 heterocycles. The maximum Gasteiger partial charge on any atom is 0.269 e. The van der Waals surface area contributed by atoms with Gasteiger partial charge in [-0.15, -0.1) is 0 Å². The molecule has 0 aliphatic carbocycles. The molecule has 0 spiro atoms. The summed E-state index contributed by atoms with van der Waals surface area (Å²) in [6, 6.07) is 47.6. The number of aryl methyl sites for hydroxylation is 2. The molecule has 6 atom stereocenters. The highest BCUT2D eigenvalue weighted by molar-refractivity contribution is 6.31. The summed E-state index contributed by atoms with van der Waals surface area (Å²) in [6.07, 6.45) is 5.22. The van der Waals surface area contributed by atoms with Crippen molar-refractivity contribution >= 4 is 93.2 Å². The molecule has 23 nitrogen and oxygen atoms in total. The van der Waals surface area contributed by atoms with Gasteiger partial charge < -0.3 is 76.9 Å². The molecular formula is C75H68Cl6N12O11. The molecule has 536 valence electrons. The summed E-state index contributed by atoms with van der Waals surface area (Å²) < 4.78 is 0. The highest BCUT2D eigenvalue weighted by atomic mass is 35.5. The number of aromatic nitrogens is 8. The van der Waals surface area contributed by atoms with Gasteiger partial charge in [0.15, 0.2) is 12.5 Å². The van der Waals surface area contributed by atoms with Crippen molar-refractivity contribution in [3.63, 3.8) is 0 Å². The number of carbonyl (C=O) groups is 4. The predicted octanol–water partition coefficient (Wildman–Crippen LogP) is 12.8. The number of aliphatic hydroxyl groups is 7. The highest BCUT2D eigenvalue weighted by Crippen LogP contribution is 2.33. The molecule has 0 saturated heterocycles. The van der Waals surface area contributed by atoms with Crippen LogP contribution in [0.5, 0.6) is 0 Å². The van der Waals surface area contributed by atoms with Gasteiger partial charge >= 0.3 is 0 Å². The molecule has 29 heteroatoms. The van der Waals surface area contributed by atoms with Crippen molar-refractivity contribution in [1.29, 1.82) is 0 Å². The first-order valence-electron chi connectivity index (χ1n) is 31.7. The fraction of sp³-hybridized carbons (Fsp3) is 0.147. The van der Waals surface area contributed by atoms with E-state index < -0.39 is 54.5 Å². The quantitative estimate of drug-likeness (QED) is 0.0235. The number of halogens is 6. The lowest BCUT2D eigenvalue weighted by Crippen LogP contribution is -2.39. The van der Waals surface area contributed by atoms with Crippen LogP contribution in [0.1, 0.15) is 105 Å². The van der Waals surface area contributed by atoms with Crippen LogP contribution in [0.3, 0.4) is 0 Å². The number of nitrogens with zero attached hydrogens (tertiary/aromatic N) is 4. The zero-order valence-electron chi connectivity index (χ0n) is 55.1. The van der Waals surface area contributed by atoms with E-state index in [0.29, 0.717) is 69.9 Å². The van der Waals surface area contributed by atoms with Crippen molar-refractivity contribution in [2.75, 3.05) is 13.2 Å². The number of aliphatic hydroxyl groups excluding tert-OH is 7. The Morgan fingerprint density at radius 3 is 1.42 bits per heavy atom. The molecule has 0 aliphatic heterocycles. The zero-order valence-corrected chi connectivity index (χ0v) is 59.6. The Morgan fingerprint density at radius 1 is 0.452 bits per heavy atom. The van der Waals surface area contributed by atoms with E-state index in [-0.39, 0.29) is 42.7 Å². The summed E-state index contributed by atoms with van der Waals surface area (Å²) in [5.41, 5.74) is 11.8. The van der Waals surface area contributed by atoms with Gasteiger partial charge in [-0.3, -0.25) is 19.2 Å². The summed E-state index contributed by atoms with van der Waals surface area (Å²) in [7, 11) is 0. The molecule has 8 aromatic heterocycles. The van der Waals surface area contributed by atoms with Gasteiger partial charge in [0, 0.05) is 93.5 Å². The number of nitrogens with one attached hydrogen (secondary N) is 8. The molecule has 0 saturated carbocycles. The molecule has 12 rings (SSSR count). The van der Waals surface area contributed by atoms with Crippen molar-refractivity contribution in [2.24, 2.45) is 0 Å². The molecule has 12 aromatic rings. The van der Waals surface area contributed by atoms with Crippen LogP contribution in [0.2, 0.25) is 30.7 Å². The van der Waals surface area contributed by atoms with E-state index in [1.165, 1.54) is 6.07 Å². The first kappa shape index (κ1) is 78.1. The smallest absolute Gasteiger partial charge is 0.269 e. The van der Waals surface area contributed by atoms with Gasteiger partial charge in [-0.2, -0.15) is 0 Å². The Morgan fingerprint density at radius 2 is 0.904 bits per heavy atom. The number of pyridine rings is 4. The summed E-state index contributed by atoms with van der Waals surface area (Å²) in [4.78, 5) is 77.2. The normalized spacial score (nSPS) is 12.6. The van der Waals surface area contributed by atoms with Crippen LogP contribution in [0.4, 0.5) is 0 Å². The molecule has 104 heavy (non-hydrogen) atoms. The summed E-state index contributed by atoms with van der Waals surface area (Å²) >= 11 is 35.5. The number of carbonyl (C=O) groups excluding carboxylic acids is 4. The standard InChI is InChI=1S/C20H19Cl2N3O3.C19H18ClN3O3.C18H15Cl2N3O3.C18H16ClN3O2/c1-11-18(13-5-6-23-17(22)8-13)15(9-26)19(24-11)20(28)25-16(10-27)12-3-2-4-14(21)7-12;1-11-9-22-16(20)8-14(11)13-7-15(21-10-13)18(25)23-19(26)17(24)12-5-3-2-4-6-12;19-13-3-1-2-11(6-13)16(24)18(26)23-17(25)14-7-12(9-22-14)10-4-5-21-15(20)8-10;19-17-9-13(6-7-20-17)14-8-15(21-10-14)18(24)22-11-16(23)12-4-2-1-3-5-12/h2-8,16,24,26-27H,9-10H2,1H3,(H,25,28);2-10,17,19,21,24,26H,1H3,(H,23,25);1-9,16,18,22,24,26H,(H,23,25);1-10,16,21,23H,11H2,(H,22,24)/t16-;;;/m1.../s1. The predicted molar refractivity (Wildman–Crippen MR) is 399 cm³/mol. The van der Waals surface area contributed by atoms with E-state index in [1.807, 2.05) is 43.3 Å². The van der Waals surface area contributed by atoms with E-state index in [2.05, 4.69) is 61.1 Å². The zero-order chi connectivity index (χ0) is 74.6. The fourth-order valence-electron chi connectivity index (χ4n) is 10.6. The molecule has 0 bridgehead atoms. The monoisotopic (exact) mass is 1520 g/mol. The third-order valence-corrected chi connectivity index (χ3v) is 17.1. The van der Waals surface area contributed by atoms with E-state index in [1.54, 1.807) is 178 Å². The molecule has 15 N–H and O–H groups in total. The van der Waals surface area contributed by atoms with Crippen molar-refractivity contribution < 1.29 is 54.9 Å². The van der Waals surface area contributed by atoms with E-state index >= 15 is 0 Å². The maximum absolute atomic E-state index is 12.9. The first-order chi connectivity index (χ1) is 50.0. The molecular weight excluding hydrogens is 1460 g/mol. The first-order valence-corrected chi connectivity index (χ1v) is 33.9. The van der Waals surface area contributed by atoms with E-state index in [0.717, 1.165) is 50.1 Å². The maximum atomic E-state index is 12.9. The van der Waals surface area contributed by atoms with Crippen LogP contribution >= 0.6 is 69.6 Å². The number of hydrogen-bond acceptors (Lipinski definition) is 15. The van der Waals surface area contributed by atoms with Crippen LogP contribution in [0.25, 0.3) is 44.5 Å². The number of H-pyrrole nitrogens is 4. The number of amides is 4. The summed E-state index contributed by atoms with van der Waals surface area (Å²) in [5, 5.41) is 82.8. The summed E-state index contributed by atoms with van der Waals surface area (Å²) in [6.45, 7) is 3.19. The molecule has 4 amide bonds. The number of aromatic amines is 4. The van der Waals surface area contributed by atoms with Gasteiger partial charge in [0.1, 0.15) is 55.6 Å². The van der Waals surface area contributed by atoms with E-state index in [9.17, 15) is 54.9 Å². The van der Waals surface area contributed by atoms with Crippen molar-refractivity contribution in [1.82, 2.24) is 61.1 Å². The second kappa shape index (κ2) is 37.4. The van der Waals surface area contributed by atoms with Gasteiger partial charge in [0.05, 0.1) is 25.4 Å². The minimum atomic E-state index is -1.50. The minimum absolute atomic E-state index is 0.137. The molecule has 0 radical (unpaired) electrons. The van der Waals surface area contributed by atoms with Crippen LogP contribution < -0.4 is 21.3 Å². The van der Waals surface area contributed by atoms with Crippen LogP contribution in [-0.2, 0) is 6.61 Å². The molecule has 0 fully saturated rings. The number of hydrogen-bond donors (Lipinski definition) is 15. The van der Waals surface area contributed by atoms with Crippen LogP contribution in [-0.4, -0.2) is 125 Å². The largest absolute Gasteiger partial charge is 0.394 e. The van der Waals surface area contributed by atoms with Gasteiger partial charge in [-0.1, -0.05) is 155 Å². The fourth-order valence-corrected chi connectivity index (χ4v) is 11.6. The second-order valence-electron chi connectivity index (χ2n) is 23.1. The Labute approximate surface area is 625 Å². The third kappa shape index (κ3) is 21.3. The Hall–Kier alpha value is -10.1. The van der Waals surface area contributed by atoms with Gasteiger partial charge in [-0.05, 0) is 149 Å². The number of benzene rings is 4. The Bertz CT molecular complexity index is 4890. The van der Waals surface area contributed by atoms with Gasteiger partial charge in [0.2, 0.25) is 0 Å². The molecule has 0 aliphatic rings. The van der Waals surface area contributed by atoms with Gasteiger partial charge in [-0.25, -0.2) is 19.9 Å². The Balaban J connectivity index is 0.000000161. The average Bonchev–Trinajstić information content (AvgIpc) is 1.59. The van der Waals surface area contributed by atoms with Crippen molar-refractivity contribution in [3.05, 3.63) is 306 Å². The summed E-state index contributed by atoms with van der Waals surface area (Å²) in [5.74, 6) is -1.82. The van der Waals surface area contributed by atoms with Crippen LogP contribution in [0, 0.1) is 13.8 Å². The van der Waals surface area contributed by atoms with Crippen molar-refractivity contribution in [3.8, 4) is 44.5 Å². The van der Waals surface area contributed by atoms with E-state index in [4.69, 9.17) is 69.6 Å². The molecule has 5 unspecified atom stereocenters. The minimum Gasteiger partial charge on any atom is -0.394 e. The SMILES string of the molecule is Cc1[nH]c(C(=O)N[C@H](CO)c2cccc(Cl)c2)c(CO)c1-c1ccnc(Cl)c1.Cc1cnc(Cl)cc1-c1c[nH]c(C(=O)NC(O)C(O)c2ccccc2)c1.O=C(NC(O)C(O)c1cccc(Cl)c1)c1cc(-c2ccnc(Cl)c2)c[nH]1.O=C(NCC(O)c1ccccc1)c1cc(-c2ccnc(Cl)c2)c[nH]1. The average molecular weight is 1530 g/mol.